The Bertz CT molecular complexity index is 688. The summed E-state index contributed by atoms with van der Waals surface area (Å²) in [5, 5.41) is 5.22. The largest absolute Gasteiger partial charge is 0.354 e. The summed E-state index contributed by atoms with van der Waals surface area (Å²) >= 11 is 0. The number of benzene rings is 1. The molecule has 1 saturated heterocycles. The maximum absolute atomic E-state index is 12.9. The number of piperidine rings is 1. The standard InChI is InChI=1S/C15H19FN2O4S/c1-10(14(19)18-13-3-2-8-17-15(13)20)9-23(21,22)12-6-4-11(16)5-7-12/h4-7,10,13H,2-3,8-9H2,1H3,(H,17,20)(H,18,19). The molecule has 2 amide bonds. The van der Waals surface area contributed by atoms with Crippen molar-refractivity contribution >= 4 is 21.7 Å². The normalized spacial score (nSPS) is 19.7. The molecule has 2 N–H and O–H groups in total. The van der Waals surface area contributed by atoms with Crippen LogP contribution < -0.4 is 10.6 Å². The Balaban J connectivity index is 1.99. The predicted molar refractivity (Wildman–Crippen MR) is 81.8 cm³/mol. The smallest absolute Gasteiger partial charge is 0.242 e. The van der Waals surface area contributed by atoms with Crippen LogP contribution in [0, 0.1) is 11.7 Å². The summed E-state index contributed by atoms with van der Waals surface area (Å²) in [5.41, 5.74) is 0. The summed E-state index contributed by atoms with van der Waals surface area (Å²) in [6, 6.07) is 3.84. The highest BCUT2D eigenvalue weighted by atomic mass is 32.2. The van der Waals surface area contributed by atoms with Gasteiger partial charge in [-0.05, 0) is 37.1 Å². The highest BCUT2D eigenvalue weighted by Gasteiger charge is 2.28. The Labute approximate surface area is 134 Å². The Morgan fingerprint density at radius 1 is 1.39 bits per heavy atom. The SMILES string of the molecule is CC(CS(=O)(=O)c1ccc(F)cc1)C(=O)NC1CCCNC1=O. The van der Waals surface area contributed by atoms with Crippen LogP contribution in [0.4, 0.5) is 4.39 Å². The van der Waals surface area contributed by atoms with E-state index in [4.69, 9.17) is 0 Å². The van der Waals surface area contributed by atoms with Crippen LogP contribution in [0.25, 0.3) is 0 Å². The van der Waals surface area contributed by atoms with Crippen LogP contribution in [-0.4, -0.2) is 38.6 Å². The van der Waals surface area contributed by atoms with E-state index in [0.717, 1.165) is 18.6 Å². The molecule has 0 spiro atoms. The molecule has 0 aliphatic carbocycles. The zero-order valence-corrected chi connectivity index (χ0v) is 13.5. The second kappa shape index (κ2) is 7.08. The van der Waals surface area contributed by atoms with Crippen LogP contribution >= 0.6 is 0 Å². The second-order valence-corrected chi connectivity index (χ2v) is 7.67. The van der Waals surface area contributed by atoms with Gasteiger partial charge in [-0.25, -0.2) is 12.8 Å². The zero-order valence-electron chi connectivity index (χ0n) is 12.7. The van der Waals surface area contributed by atoms with E-state index in [1.54, 1.807) is 0 Å². The molecule has 2 rings (SSSR count). The molecule has 23 heavy (non-hydrogen) atoms. The van der Waals surface area contributed by atoms with Crippen LogP contribution in [0.3, 0.4) is 0 Å². The lowest BCUT2D eigenvalue weighted by Gasteiger charge is -2.24. The van der Waals surface area contributed by atoms with E-state index in [9.17, 15) is 22.4 Å². The quantitative estimate of drug-likeness (QED) is 0.768. The zero-order chi connectivity index (χ0) is 17.0. The first-order valence-corrected chi connectivity index (χ1v) is 9.01. The topological polar surface area (TPSA) is 92.3 Å². The predicted octanol–water partition coefficient (Wildman–Crippen LogP) is 0.630. The third kappa shape index (κ3) is 4.51. The Kier molecular flexibility index (Phi) is 5.35. The maximum Gasteiger partial charge on any atom is 0.242 e. The van der Waals surface area contributed by atoms with Crippen LogP contribution in [-0.2, 0) is 19.4 Å². The van der Waals surface area contributed by atoms with E-state index < -0.39 is 39.3 Å². The molecular weight excluding hydrogens is 323 g/mol. The maximum atomic E-state index is 12.9. The van der Waals surface area contributed by atoms with Crippen LogP contribution in [0.5, 0.6) is 0 Å². The molecule has 1 aromatic rings. The molecule has 1 aliphatic heterocycles. The number of sulfone groups is 1. The van der Waals surface area contributed by atoms with Crippen molar-refractivity contribution in [3.05, 3.63) is 30.1 Å². The fourth-order valence-electron chi connectivity index (χ4n) is 2.37. The van der Waals surface area contributed by atoms with Gasteiger partial charge in [-0.1, -0.05) is 6.92 Å². The van der Waals surface area contributed by atoms with Crippen molar-refractivity contribution < 1.29 is 22.4 Å². The number of carbonyl (C=O) groups excluding carboxylic acids is 2. The minimum atomic E-state index is -3.70. The van der Waals surface area contributed by atoms with Crippen LogP contribution in [0.1, 0.15) is 19.8 Å². The first-order valence-electron chi connectivity index (χ1n) is 7.36. The van der Waals surface area contributed by atoms with Crippen molar-refractivity contribution in [2.24, 2.45) is 5.92 Å². The lowest BCUT2D eigenvalue weighted by molar-refractivity contribution is -0.131. The van der Waals surface area contributed by atoms with Crippen molar-refractivity contribution in [2.75, 3.05) is 12.3 Å². The Hall–Kier alpha value is -1.96. The van der Waals surface area contributed by atoms with E-state index in [-0.39, 0.29) is 10.8 Å². The molecule has 0 saturated carbocycles. The van der Waals surface area contributed by atoms with Crippen molar-refractivity contribution in [3.63, 3.8) is 0 Å². The van der Waals surface area contributed by atoms with E-state index >= 15 is 0 Å². The van der Waals surface area contributed by atoms with Gasteiger partial charge in [0.15, 0.2) is 9.84 Å². The number of halogens is 1. The molecule has 1 aliphatic rings. The van der Waals surface area contributed by atoms with Gasteiger partial charge in [0, 0.05) is 12.5 Å². The number of hydrogen-bond acceptors (Lipinski definition) is 4. The van der Waals surface area contributed by atoms with Crippen LogP contribution in [0.15, 0.2) is 29.2 Å². The molecule has 0 radical (unpaired) electrons. The van der Waals surface area contributed by atoms with Gasteiger partial charge >= 0.3 is 0 Å². The average Bonchev–Trinajstić information content (AvgIpc) is 2.49. The molecular formula is C15H19FN2O4S. The van der Waals surface area contributed by atoms with Gasteiger partial charge in [0.05, 0.1) is 10.6 Å². The molecule has 2 unspecified atom stereocenters. The summed E-state index contributed by atoms with van der Waals surface area (Å²) < 4.78 is 37.3. The fourth-order valence-corrected chi connectivity index (χ4v) is 3.92. The summed E-state index contributed by atoms with van der Waals surface area (Å²) in [5.74, 6) is -2.49. The van der Waals surface area contributed by atoms with Gasteiger partial charge in [0.2, 0.25) is 11.8 Å². The highest BCUT2D eigenvalue weighted by molar-refractivity contribution is 7.91. The number of amides is 2. The lowest BCUT2D eigenvalue weighted by atomic mass is 10.1. The van der Waals surface area contributed by atoms with Crippen molar-refractivity contribution in [1.29, 1.82) is 0 Å². The molecule has 126 valence electrons. The summed E-state index contributed by atoms with van der Waals surface area (Å²) in [4.78, 5) is 23.7. The number of nitrogens with one attached hydrogen (secondary N) is 2. The van der Waals surface area contributed by atoms with Gasteiger partial charge in [0.1, 0.15) is 11.9 Å². The van der Waals surface area contributed by atoms with Crippen LogP contribution in [0.2, 0.25) is 0 Å². The van der Waals surface area contributed by atoms with Gasteiger partial charge in [0.25, 0.3) is 0 Å². The first kappa shape index (κ1) is 17.4. The third-order valence-electron chi connectivity index (χ3n) is 3.69. The monoisotopic (exact) mass is 342 g/mol. The van der Waals surface area contributed by atoms with E-state index in [1.807, 2.05) is 0 Å². The molecule has 1 fully saturated rings. The highest BCUT2D eigenvalue weighted by Crippen LogP contribution is 2.15. The molecule has 1 heterocycles. The minimum absolute atomic E-state index is 0.0334. The van der Waals surface area contributed by atoms with Crippen molar-refractivity contribution in [3.8, 4) is 0 Å². The summed E-state index contributed by atoms with van der Waals surface area (Å²) in [6.45, 7) is 2.07. The third-order valence-corrected chi connectivity index (χ3v) is 5.62. The molecule has 1 aromatic carbocycles. The van der Waals surface area contributed by atoms with Crippen molar-refractivity contribution in [1.82, 2.24) is 10.6 Å². The molecule has 6 nitrogen and oxygen atoms in total. The van der Waals surface area contributed by atoms with Gasteiger partial charge in [-0.15, -0.1) is 0 Å². The molecule has 8 heteroatoms. The Morgan fingerprint density at radius 2 is 2.04 bits per heavy atom. The van der Waals surface area contributed by atoms with E-state index in [0.29, 0.717) is 13.0 Å². The van der Waals surface area contributed by atoms with E-state index in [1.165, 1.54) is 19.1 Å². The van der Waals surface area contributed by atoms with Gasteiger partial charge in [-0.2, -0.15) is 0 Å². The summed E-state index contributed by atoms with van der Waals surface area (Å²) in [6.07, 6.45) is 1.30. The first-order chi connectivity index (χ1) is 10.8. The summed E-state index contributed by atoms with van der Waals surface area (Å²) in [7, 11) is -3.70. The fraction of sp³-hybridized carbons (Fsp3) is 0.467. The lowest BCUT2D eigenvalue weighted by Crippen LogP contribution is -2.51. The Morgan fingerprint density at radius 3 is 2.65 bits per heavy atom. The average molecular weight is 342 g/mol. The number of hydrogen-bond donors (Lipinski definition) is 2. The molecule has 0 aromatic heterocycles. The van der Waals surface area contributed by atoms with Gasteiger partial charge in [-0.3, -0.25) is 9.59 Å². The van der Waals surface area contributed by atoms with Gasteiger partial charge < -0.3 is 10.6 Å². The molecule has 2 atom stereocenters. The number of rotatable bonds is 5. The second-order valence-electron chi connectivity index (χ2n) is 5.63. The number of carbonyl (C=O) groups is 2. The van der Waals surface area contributed by atoms with E-state index in [2.05, 4.69) is 10.6 Å². The minimum Gasteiger partial charge on any atom is -0.354 e. The van der Waals surface area contributed by atoms with Crippen molar-refractivity contribution in [2.45, 2.75) is 30.7 Å². The molecule has 0 bridgehead atoms.